The predicted molar refractivity (Wildman–Crippen MR) is 97.6 cm³/mol. The molecule has 2 aliphatic rings. The summed E-state index contributed by atoms with van der Waals surface area (Å²) in [4.78, 5) is 18.1. The molecule has 1 N–H and O–H groups in total. The van der Waals surface area contributed by atoms with Crippen molar-refractivity contribution in [2.75, 3.05) is 45.2 Å². The topological polar surface area (TPSA) is 44.8 Å². The van der Waals surface area contributed by atoms with Gasteiger partial charge in [0.25, 0.3) is 0 Å². The highest BCUT2D eigenvalue weighted by Crippen LogP contribution is 2.39. The maximum Gasteiger partial charge on any atom is 0.341 e. The van der Waals surface area contributed by atoms with E-state index in [1.54, 1.807) is 11.3 Å². The van der Waals surface area contributed by atoms with Gasteiger partial charge >= 0.3 is 5.97 Å². The molecule has 3 rings (SSSR count). The largest absolute Gasteiger partial charge is 0.465 e. The first-order valence-electron chi connectivity index (χ1n) is 8.15. The van der Waals surface area contributed by atoms with E-state index in [0.29, 0.717) is 10.7 Å². The molecule has 0 saturated carbocycles. The minimum atomic E-state index is -0.259. The van der Waals surface area contributed by atoms with Crippen molar-refractivity contribution in [1.82, 2.24) is 9.80 Å². The third-order valence-corrected chi connectivity index (χ3v) is 6.21. The van der Waals surface area contributed by atoms with Gasteiger partial charge in [-0.1, -0.05) is 6.92 Å². The van der Waals surface area contributed by atoms with Crippen LogP contribution in [0.2, 0.25) is 0 Å². The Hall–Kier alpha value is -1.18. The average molecular weight is 354 g/mol. The van der Waals surface area contributed by atoms with Crippen LogP contribution in [0.15, 0.2) is 0 Å². The van der Waals surface area contributed by atoms with Gasteiger partial charge in [-0.25, -0.2) is 4.79 Å². The van der Waals surface area contributed by atoms with Gasteiger partial charge in [0.15, 0.2) is 5.11 Å². The molecular weight excluding hydrogens is 330 g/mol. The molecule has 0 amide bonds. The number of ether oxygens (including phenoxy) is 1. The van der Waals surface area contributed by atoms with Crippen LogP contribution in [0.5, 0.6) is 0 Å². The fraction of sp³-hybridized carbons (Fsp3) is 0.625. The zero-order valence-electron chi connectivity index (χ0n) is 13.7. The molecule has 1 aromatic heterocycles. The zero-order chi connectivity index (χ0) is 16.4. The van der Waals surface area contributed by atoms with Gasteiger partial charge in [-0.15, -0.1) is 11.3 Å². The summed E-state index contributed by atoms with van der Waals surface area (Å²) >= 11 is 7.22. The summed E-state index contributed by atoms with van der Waals surface area (Å²) in [5.74, 6) is -0.259. The quantitative estimate of drug-likeness (QED) is 0.665. The fourth-order valence-electron chi connectivity index (χ4n) is 3.25. The molecule has 0 radical (unpaired) electrons. The van der Waals surface area contributed by atoms with Crippen molar-refractivity contribution in [3.63, 3.8) is 0 Å². The normalized spacial score (nSPS) is 17.9. The molecule has 0 spiro atoms. The number of aryl methyl sites for hydroxylation is 1. The molecule has 0 bridgehead atoms. The van der Waals surface area contributed by atoms with Crippen molar-refractivity contribution in [2.24, 2.45) is 0 Å². The highest BCUT2D eigenvalue weighted by molar-refractivity contribution is 7.80. The Morgan fingerprint density at radius 1 is 1.30 bits per heavy atom. The minimum absolute atomic E-state index is 0.259. The third kappa shape index (κ3) is 3.36. The lowest BCUT2D eigenvalue weighted by Gasteiger charge is -2.35. The Morgan fingerprint density at radius 2 is 2.04 bits per heavy atom. The van der Waals surface area contributed by atoms with Crippen molar-refractivity contribution in [2.45, 2.75) is 26.2 Å². The molecule has 2 heterocycles. The van der Waals surface area contributed by atoms with Crippen molar-refractivity contribution < 1.29 is 9.53 Å². The maximum absolute atomic E-state index is 12.2. The second-order valence-electron chi connectivity index (χ2n) is 5.90. The number of piperazine rings is 1. The van der Waals surface area contributed by atoms with E-state index in [9.17, 15) is 4.79 Å². The number of thiophene rings is 1. The van der Waals surface area contributed by atoms with E-state index in [4.69, 9.17) is 17.0 Å². The van der Waals surface area contributed by atoms with E-state index < -0.39 is 0 Å². The van der Waals surface area contributed by atoms with Crippen molar-refractivity contribution in [3.05, 3.63) is 16.0 Å². The number of carbonyl (C=O) groups is 1. The summed E-state index contributed by atoms with van der Waals surface area (Å²) in [5.41, 5.74) is 1.85. The molecule has 1 aliphatic carbocycles. The number of rotatable bonds is 3. The summed E-state index contributed by atoms with van der Waals surface area (Å²) < 4.78 is 4.98. The Balaban J connectivity index is 1.73. The molecule has 7 heteroatoms. The van der Waals surface area contributed by atoms with E-state index in [1.165, 1.54) is 12.0 Å². The van der Waals surface area contributed by atoms with Gasteiger partial charge in [0.05, 0.1) is 12.7 Å². The minimum Gasteiger partial charge on any atom is -0.465 e. The van der Waals surface area contributed by atoms with Crippen molar-refractivity contribution in [3.8, 4) is 0 Å². The van der Waals surface area contributed by atoms with Gasteiger partial charge in [0, 0.05) is 31.1 Å². The van der Waals surface area contributed by atoms with Crippen LogP contribution in [0.3, 0.4) is 0 Å². The van der Waals surface area contributed by atoms with Gasteiger partial charge < -0.3 is 19.9 Å². The number of nitrogens with zero attached hydrogens (tertiary/aromatic N) is 2. The molecule has 0 aromatic carbocycles. The second kappa shape index (κ2) is 7.15. The van der Waals surface area contributed by atoms with Crippen molar-refractivity contribution in [1.29, 1.82) is 0 Å². The smallest absolute Gasteiger partial charge is 0.341 e. The third-order valence-electron chi connectivity index (χ3n) is 4.64. The molecular formula is C16H23N3O2S2. The summed E-state index contributed by atoms with van der Waals surface area (Å²) in [7, 11) is 1.44. The highest BCUT2D eigenvalue weighted by atomic mass is 32.1. The Bertz CT molecular complexity index is 607. The predicted octanol–water partition coefficient (Wildman–Crippen LogP) is 2.36. The zero-order valence-corrected chi connectivity index (χ0v) is 15.3. The van der Waals surface area contributed by atoms with E-state index in [1.807, 2.05) is 0 Å². The van der Waals surface area contributed by atoms with Crippen LogP contribution in [-0.4, -0.2) is 60.7 Å². The van der Waals surface area contributed by atoms with E-state index in [-0.39, 0.29) is 5.97 Å². The molecule has 0 unspecified atom stereocenters. The molecule has 23 heavy (non-hydrogen) atoms. The first-order valence-corrected chi connectivity index (χ1v) is 9.37. The summed E-state index contributed by atoms with van der Waals surface area (Å²) in [6.07, 6.45) is 3.13. The van der Waals surface area contributed by atoms with Crippen LogP contribution in [0.1, 0.15) is 34.1 Å². The van der Waals surface area contributed by atoms with Gasteiger partial charge in [-0.3, -0.25) is 0 Å². The number of hydrogen-bond donors (Lipinski definition) is 1. The first kappa shape index (κ1) is 16.7. The van der Waals surface area contributed by atoms with Crippen LogP contribution in [0.4, 0.5) is 5.00 Å². The van der Waals surface area contributed by atoms with Crippen LogP contribution in [0.25, 0.3) is 0 Å². The Kier molecular flexibility index (Phi) is 5.18. The highest BCUT2D eigenvalue weighted by Gasteiger charge is 2.28. The summed E-state index contributed by atoms with van der Waals surface area (Å²) in [6.45, 7) is 7.18. The molecule has 5 nitrogen and oxygen atoms in total. The Morgan fingerprint density at radius 3 is 2.70 bits per heavy atom. The number of carbonyl (C=O) groups excluding carboxylic acids is 1. The number of methoxy groups -OCH3 is 1. The lowest BCUT2D eigenvalue weighted by atomic mass is 10.1. The van der Waals surface area contributed by atoms with Crippen LogP contribution >= 0.6 is 23.6 Å². The Labute approximate surface area is 146 Å². The average Bonchev–Trinajstić information content (AvgIpc) is 3.14. The molecule has 1 aliphatic heterocycles. The van der Waals surface area contributed by atoms with E-state index >= 15 is 0 Å². The van der Waals surface area contributed by atoms with Gasteiger partial charge in [0.2, 0.25) is 0 Å². The van der Waals surface area contributed by atoms with Gasteiger partial charge in [-0.2, -0.15) is 0 Å². The molecule has 0 atom stereocenters. The maximum atomic E-state index is 12.2. The van der Waals surface area contributed by atoms with Crippen LogP contribution < -0.4 is 5.32 Å². The van der Waals surface area contributed by atoms with Crippen LogP contribution in [0, 0.1) is 0 Å². The molecule has 1 saturated heterocycles. The molecule has 1 fully saturated rings. The number of anilines is 1. The number of likely N-dealkylation sites (N-methyl/N-ethyl adjacent to an activating group) is 1. The number of nitrogens with one attached hydrogen (secondary N) is 1. The SMILES string of the molecule is CCN1CCN(C(=S)Nc2sc3c(c2C(=O)OC)CCC3)CC1. The lowest BCUT2D eigenvalue weighted by Crippen LogP contribution is -2.49. The standard InChI is InChI=1S/C16H23N3O2S2/c1-3-18-7-9-19(10-8-18)16(22)17-14-13(15(20)21-2)11-5-4-6-12(11)23-14/h3-10H2,1-2H3,(H,17,22). The second-order valence-corrected chi connectivity index (χ2v) is 7.40. The summed E-state index contributed by atoms with van der Waals surface area (Å²) in [5, 5.41) is 4.88. The number of fused-ring (bicyclic) bond motifs is 1. The number of esters is 1. The lowest BCUT2D eigenvalue weighted by molar-refractivity contribution is 0.0601. The number of hydrogen-bond acceptors (Lipinski definition) is 5. The van der Waals surface area contributed by atoms with Crippen molar-refractivity contribution >= 4 is 39.6 Å². The van der Waals surface area contributed by atoms with E-state index in [0.717, 1.165) is 62.6 Å². The van der Waals surface area contributed by atoms with E-state index in [2.05, 4.69) is 22.0 Å². The summed E-state index contributed by atoms with van der Waals surface area (Å²) in [6, 6.07) is 0. The molecule has 1 aromatic rings. The van der Waals surface area contributed by atoms with Crippen LogP contribution in [-0.2, 0) is 17.6 Å². The fourth-order valence-corrected chi connectivity index (χ4v) is 4.88. The monoisotopic (exact) mass is 353 g/mol. The van der Waals surface area contributed by atoms with Gasteiger partial charge in [0.1, 0.15) is 5.00 Å². The first-order chi connectivity index (χ1) is 11.1. The number of thiocarbonyl (C=S) groups is 1. The van der Waals surface area contributed by atoms with Gasteiger partial charge in [-0.05, 0) is 43.6 Å². The molecule has 126 valence electrons.